The molecule has 5 nitrogen and oxygen atoms in total. The first-order valence-electron chi connectivity index (χ1n) is 10.4. The summed E-state index contributed by atoms with van der Waals surface area (Å²) >= 11 is 0. The highest BCUT2D eigenvalue weighted by Gasteiger charge is 2.47. The van der Waals surface area contributed by atoms with Gasteiger partial charge in [-0.25, -0.2) is 4.79 Å². The van der Waals surface area contributed by atoms with Gasteiger partial charge in [0.25, 0.3) is 0 Å². The van der Waals surface area contributed by atoms with Crippen LogP contribution in [0.15, 0.2) is 48.5 Å². The van der Waals surface area contributed by atoms with Crippen molar-refractivity contribution in [1.82, 2.24) is 10.2 Å². The van der Waals surface area contributed by atoms with E-state index in [2.05, 4.69) is 41.4 Å². The standard InChI is InChI=1S/C24H28N2O3/c1-17-5-4-6-18(15-17)16-26-14-3-2-7-21(26)22(27)25-24(12-13-24)20-10-8-19(9-11-20)23(28)29/h4-6,8-11,15,21H,2-3,7,12-14,16H2,1H3,(H,25,27)(H,28,29)/t21-/m1/s1. The third-order valence-electron chi connectivity index (χ3n) is 6.18. The van der Waals surface area contributed by atoms with Gasteiger partial charge in [-0.2, -0.15) is 0 Å². The van der Waals surface area contributed by atoms with E-state index in [-0.39, 0.29) is 23.1 Å². The Bertz CT molecular complexity index is 903. The van der Waals surface area contributed by atoms with E-state index in [1.165, 1.54) is 11.1 Å². The monoisotopic (exact) mass is 392 g/mol. The number of rotatable bonds is 6. The van der Waals surface area contributed by atoms with Crippen molar-refractivity contribution in [3.63, 3.8) is 0 Å². The molecule has 152 valence electrons. The van der Waals surface area contributed by atoms with Crippen LogP contribution in [0.25, 0.3) is 0 Å². The summed E-state index contributed by atoms with van der Waals surface area (Å²) in [6.07, 6.45) is 4.87. The van der Waals surface area contributed by atoms with E-state index < -0.39 is 5.97 Å². The first-order valence-corrected chi connectivity index (χ1v) is 10.4. The molecular weight excluding hydrogens is 364 g/mol. The summed E-state index contributed by atoms with van der Waals surface area (Å²) in [4.78, 5) is 26.6. The number of aromatic carboxylic acids is 1. The number of aryl methyl sites for hydroxylation is 1. The topological polar surface area (TPSA) is 69.6 Å². The number of amides is 1. The van der Waals surface area contributed by atoms with Crippen molar-refractivity contribution >= 4 is 11.9 Å². The molecule has 1 aliphatic carbocycles. The van der Waals surface area contributed by atoms with Crippen molar-refractivity contribution in [2.45, 2.75) is 57.2 Å². The number of benzene rings is 2. The van der Waals surface area contributed by atoms with Gasteiger partial charge in [-0.3, -0.25) is 9.69 Å². The molecule has 29 heavy (non-hydrogen) atoms. The number of nitrogens with zero attached hydrogens (tertiary/aromatic N) is 1. The zero-order valence-corrected chi connectivity index (χ0v) is 16.9. The Morgan fingerprint density at radius 2 is 1.90 bits per heavy atom. The third-order valence-corrected chi connectivity index (χ3v) is 6.18. The number of hydrogen-bond donors (Lipinski definition) is 2. The van der Waals surface area contributed by atoms with Crippen molar-refractivity contribution < 1.29 is 14.7 Å². The largest absolute Gasteiger partial charge is 0.478 e. The Morgan fingerprint density at radius 3 is 2.55 bits per heavy atom. The number of carboxylic acid groups (broad SMARTS) is 1. The zero-order chi connectivity index (χ0) is 20.4. The second-order valence-electron chi connectivity index (χ2n) is 8.42. The predicted octanol–water partition coefficient (Wildman–Crippen LogP) is 3.85. The molecule has 1 heterocycles. The maximum Gasteiger partial charge on any atom is 0.335 e. The van der Waals surface area contributed by atoms with Gasteiger partial charge in [0, 0.05) is 6.54 Å². The van der Waals surface area contributed by atoms with Gasteiger partial charge in [0.15, 0.2) is 0 Å². The maximum absolute atomic E-state index is 13.2. The number of piperidine rings is 1. The van der Waals surface area contributed by atoms with Crippen LogP contribution in [0.2, 0.25) is 0 Å². The van der Waals surface area contributed by atoms with Gasteiger partial charge in [-0.15, -0.1) is 0 Å². The average Bonchev–Trinajstić information content (AvgIpc) is 3.49. The van der Waals surface area contributed by atoms with Crippen molar-refractivity contribution in [2.75, 3.05) is 6.54 Å². The van der Waals surface area contributed by atoms with E-state index in [0.717, 1.165) is 50.8 Å². The van der Waals surface area contributed by atoms with Crippen LogP contribution in [0.5, 0.6) is 0 Å². The number of carbonyl (C=O) groups is 2. The van der Waals surface area contributed by atoms with Crippen LogP contribution in [0.3, 0.4) is 0 Å². The van der Waals surface area contributed by atoms with E-state index in [1.807, 2.05) is 12.1 Å². The molecule has 2 aliphatic rings. The fraction of sp³-hybridized carbons (Fsp3) is 0.417. The number of hydrogen-bond acceptors (Lipinski definition) is 3. The molecule has 0 aromatic heterocycles. The number of carbonyl (C=O) groups excluding carboxylic acids is 1. The van der Waals surface area contributed by atoms with Crippen molar-refractivity contribution in [3.8, 4) is 0 Å². The van der Waals surface area contributed by atoms with Gasteiger partial charge in [-0.05, 0) is 62.4 Å². The molecule has 2 aromatic rings. The number of carboxylic acids is 1. The summed E-state index contributed by atoms with van der Waals surface area (Å²) in [6.45, 7) is 3.82. The Morgan fingerprint density at radius 1 is 1.14 bits per heavy atom. The molecule has 5 heteroatoms. The van der Waals surface area contributed by atoms with E-state index in [4.69, 9.17) is 5.11 Å². The summed E-state index contributed by atoms with van der Waals surface area (Å²) in [5, 5.41) is 12.4. The van der Waals surface area contributed by atoms with Gasteiger partial charge >= 0.3 is 5.97 Å². The van der Waals surface area contributed by atoms with E-state index >= 15 is 0 Å². The minimum absolute atomic E-state index is 0.0946. The number of nitrogens with one attached hydrogen (secondary N) is 1. The smallest absolute Gasteiger partial charge is 0.335 e. The lowest BCUT2D eigenvalue weighted by Gasteiger charge is -2.36. The van der Waals surface area contributed by atoms with Crippen molar-refractivity contribution in [1.29, 1.82) is 0 Å². The molecule has 0 radical (unpaired) electrons. The molecule has 0 bridgehead atoms. The second kappa shape index (κ2) is 7.99. The van der Waals surface area contributed by atoms with Gasteiger partial charge < -0.3 is 10.4 Å². The fourth-order valence-corrected chi connectivity index (χ4v) is 4.38. The third kappa shape index (κ3) is 4.35. The molecule has 0 spiro atoms. The van der Waals surface area contributed by atoms with Crippen LogP contribution >= 0.6 is 0 Å². The lowest BCUT2D eigenvalue weighted by molar-refractivity contribution is -0.129. The second-order valence-corrected chi connectivity index (χ2v) is 8.42. The summed E-state index contributed by atoms with van der Waals surface area (Å²) in [5.74, 6) is -0.836. The van der Waals surface area contributed by atoms with E-state index in [9.17, 15) is 9.59 Å². The fourth-order valence-electron chi connectivity index (χ4n) is 4.38. The molecule has 2 N–H and O–H groups in total. The average molecular weight is 392 g/mol. The van der Waals surface area contributed by atoms with Crippen LogP contribution in [0, 0.1) is 6.92 Å². The highest BCUT2D eigenvalue weighted by atomic mass is 16.4. The summed E-state index contributed by atoms with van der Waals surface area (Å²) < 4.78 is 0. The molecule has 2 fully saturated rings. The van der Waals surface area contributed by atoms with Gasteiger partial charge in [0.2, 0.25) is 5.91 Å². The molecule has 1 saturated carbocycles. The molecule has 1 aliphatic heterocycles. The highest BCUT2D eigenvalue weighted by Crippen LogP contribution is 2.45. The molecule has 1 atom stereocenters. The first-order chi connectivity index (χ1) is 14.0. The summed E-state index contributed by atoms with van der Waals surface area (Å²) in [5.41, 5.74) is 3.42. The normalized spacial score (nSPS) is 20.8. The molecular formula is C24H28N2O3. The Labute approximate surface area is 171 Å². The van der Waals surface area contributed by atoms with E-state index in [0.29, 0.717) is 0 Å². The van der Waals surface area contributed by atoms with Crippen LogP contribution < -0.4 is 5.32 Å². The van der Waals surface area contributed by atoms with Gasteiger partial charge in [0.1, 0.15) is 0 Å². The Kier molecular flexibility index (Phi) is 5.41. The SMILES string of the molecule is Cc1cccc(CN2CCCC[C@@H]2C(=O)NC2(c3ccc(C(=O)O)cc3)CC2)c1. The van der Waals surface area contributed by atoms with Crippen LogP contribution in [-0.2, 0) is 16.9 Å². The van der Waals surface area contributed by atoms with Crippen molar-refractivity contribution in [2.24, 2.45) is 0 Å². The lowest BCUT2D eigenvalue weighted by atomic mass is 9.98. The van der Waals surface area contributed by atoms with Crippen LogP contribution in [0.4, 0.5) is 0 Å². The maximum atomic E-state index is 13.2. The molecule has 1 saturated heterocycles. The highest BCUT2D eigenvalue weighted by molar-refractivity contribution is 5.87. The Hall–Kier alpha value is -2.66. The van der Waals surface area contributed by atoms with Crippen molar-refractivity contribution in [3.05, 3.63) is 70.8 Å². The Balaban J connectivity index is 1.46. The lowest BCUT2D eigenvalue weighted by Crippen LogP contribution is -2.51. The number of likely N-dealkylation sites (tertiary alicyclic amines) is 1. The quantitative estimate of drug-likeness (QED) is 0.783. The molecule has 1 amide bonds. The zero-order valence-electron chi connectivity index (χ0n) is 16.9. The minimum Gasteiger partial charge on any atom is -0.478 e. The first kappa shape index (κ1) is 19.6. The van der Waals surface area contributed by atoms with Gasteiger partial charge in [0.05, 0.1) is 17.1 Å². The minimum atomic E-state index is -0.931. The molecule has 0 unspecified atom stereocenters. The van der Waals surface area contributed by atoms with Crippen LogP contribution in [-0.4, -0.2) is 34.5 Å². The van der Waals surface area contributed by atoms with E-state index in [1.54, 1.807) is 12.1 Å². The molecule has 2 aromatic carbocycles. The summed E-state index contributed by atoms with van der Waals surface area (Å²) in [6, 6.07) is 15.3. The molecule has 4 rings (SSSR count). The van der Waals surface area contributed by atoms with Crippen LogP contribution in [0.1, 0.15) is 59.2 Å². The van der Waals surface area contributed by atoms with Gasteiger partial charge in [-0.1, -0.05) is 48.4 Å². The summed E-state index contributed by atoms with van der Waals surface area (Å²) in [7, 11) is 0. The predicted molar refractivity (Wildman–Crippen MR) is 112 cm³/mol.